The van der Waals surface area contributed by atoms with Crippen LogP contribution < -0.4 is 9.64 Å². The summed E-state index contributed by atoms with van der Waals surface area (Å²) in [5.41, 5.74) is 2.39. The molecule has 0 N–H and O–H groups in total. The third kappa shape index (κ3) is 3.91. The van der Waals surface area contributed by atoms with Crippen molar-refractivity contribution in [1.29, 1.82) is 0 Å². The molecule has 0 atom stereocenters. The van der Waals surface area contributed by atoms with Crippen molar-refractivity contribution in [2.45, 2.75) is 19.3 Å². The first kappa shape index (κ1) is 17.1. The molecule has 0 saturated carbocycles. The molecule has 2 aromatic rings. The molecule has 2 heterocycles. The highest BCUT2D eigenvalue weighted by molar-refractivity contribution is 5.96. The molecule has 2 aromatic carbocycles. The van der Waals surface area contributed by atoms with E-state index in [4.69, 9.17) is 4.74 Å². The van der Waals surface area contributed by atoms with Crippen LogP contribution in [0.3, 0.4) is 0 Å². The fourth-order valence-electron chi connectivity index (χ4n) is 3.92. The van der Waals surface area contributed by atoms with Crippen molar-refractivity contribution in [2.24, 2.45) is 5.92 Å². The van der Waals surface area contributed by atoms with Crippen LogP contribution in [0.1, 0.15) is 18.4 Å². The number of carbonyl (C=O) groups excluding carboxylic acids is 1. The van der Waals surface area contributed by atoms with Crippen molar-refractivity contribution in [3.63, 3.8) is 0 Å². The fourth-order valence-corrected chi connectivity index (χ4v) is 3.92. The monoisotopic (exact) mass is 350 g/mol. The maximum Gasteiger partial charge on any atom is 0.241 e. The van der Waals surface area contributed by atoms with Gasteiger partial charge in [-0.1, -0.05) is 36.4 Å². The van der Waals surface area contributed by atoms with E-state index >= 15 is 0 Å². The van der Waals surface area contributed by atoms with Crippen LogP contribution in [0.4, 0.5) is 5.69 Å². The Morgan fingerprint density at radius 1 is 0.962 bits per heavy atom. The highest BCUT2D eigenvalue weighted by Crippen LogP contribution is 2.28. The van der Waals surface area contributed by atoms with Crippen molar-refractivity contribution in [1.82, 2.24) is 4.90 Å². The van der Waals surface area contributed by atoms with E-state index in [1.807, 2.05) is 41.3 Å². The van der Waals surface area contributed by atoms with Crippen LogP contribution in [0.5, 0.6) is 5.75 Å². The highest BCUT2D eigenvalue weighted by Gasteiger charge is 2.27. The number of benzene rings is 2. The number of piperidine rings is 1. The Kier molecular flexibility index (Phi) is 5.21. The second-order valence-corrected chi connectivity index (χ2v) is 7.27. The number of amides is 1. The summed E-state index contributed by atoms with van der Waals surface area (Å²) in [6.45, 7) is 4.07. The van der Waals surface area contributed by atoms with E-state index in [0.29, 0.717) is 12.5 Å². The van der Waals surface area contributed by atoms with Gasteiger partial charge in [-0.2, -0.15) is 0 Å². The predicted octanol–water partition coefficient (Wildman–Crippen LogP) is 3.37. The molecule has 0 aliphatic carbocycles. The molecule has 4 nitrogen and oxygen atoms in total. The van der Waals surface area contributed by atoms with Gasteiger partial charge in [0.1, 0.15) is 5.75 Å². The molecule has 0 aromatic heterocycles. The molecular weight excluding hydrogens is 324 g/mol. The molecule has 2 aliphatic heterocycles. The Hall–Kier alpha value is -2.33. The average molecular weight is 350 g/mol. The molecule has 4 heteroatoms. The first-order valence-corrected chi connectivity index (χ1v) is 9.58. The number of nitrogens with zero attached hydrogens (tertiary/aromatic N) is 2. The van der Waals surface area contributed by atoms with Gasteiger partial charge in [0.05, 0.1) is 13.2 Å². The minimum atomic E-state index is 0.230. The Morgan fingerprint density at radius 2 is 1.69 bits per heavy atom. The predicted molar refractivity (Wildman–Crippen MR) is 104 cm³/mol. The lowest BCUT2D eigenvalue weighted by Gasteiger charge is -2.32. The standard InChI is InChI=1S/C22H26N2O2/c25-22(24-15-12-19-6-4-5-9-21(19)24)16-23-13-10-18(11-14-23)17-26-20-7-2-1-3-8-20/h1-9,18H,10-17H2. The summed E-state index contributed by atoms with van der Waals surface area (Å²) in [5.74, 6) is 1.75. The molecule has 1 saturated heterocycles. The smallest absolute Gasteiger partial charge is 0.241 e. The second kappa shape index (κ2) is 7.92. The summed E-state index contributed by atoms with van der Waals surface area (Å²) in [6, 6.07) is 18.3. The highest BCUT2D eigenvalue weighted by atomic mass is 16.5. The molecule has 26 heavy (non-hydrogen) atoms. The Bertz CT molecular complexity index is 739. The van der Waals surface area contributed by atoms with Gasteiger partial charge in [0.15, 0.2) is 0 Å². The van der Waals surface area contributed by atoms with Crippen molar-refractivity contribution in [3.8, 4) is 5.75 Å². The minimum Gasteiger partial charge on any atom is -0.493 e. The largest absolute Gasteiger partial charge is 0.493 e. The number of anilines is 1. The summed E-state index contributed by atoms with van der Waals surface area (Å²) in [5, 5.41) is 0. The molecule has 136 valence electrons. The number of likely N-dealkylation sites (tertiary alicyclic amines) is 1. The minimum absolute atomic E-state index is 0.230. The van der Waals surface area contributed by atoms with Gasteiger partial charge < -0.3 is 9.64 Å². The lowest BCUT2D eigenvalue weighted by molar-refractivity contribution is -0.120. The summed E-state index contributed by atoms with van der Waals surface area (Å²) in [6.07, 6.45) is 3.16. The van der Waals surface area contributed by atoms with Gasteiger partial charge in [-0.15, -0.1) is 0 Å². The van der Waals surface area contributed by atoms with Crippen molar-refractivity contribution >= 4 is 11.6 Å². The first-order valence-electron chi connectivity index (χ1n) is 9.58. The Balaban J connectivity index is 1.23. The van der Waals surface area contributed by atoms with E-state index in [9.17, 15) is 4.79 Å². The van der Waals surface area contributed by atoms with Gasteiger partial charge in [0.2, 0.25) is 5.91 Å². The molecule has 0 unspecified atom stereocenters. The van der Waals surface area contributed by atoms with Crippen LogP contribution >= 0.6 is 0 Å². The van der Waals surface area contributed by atoms with Gasteiger partial charge in [-0.25, -0.2) is 0 Å². The summed E-state index contributed by atoms with van der Waals surface area (Å²) >= 11 is 0. The van der Waals surface area contributed by atoms with E-state index in [-0.39, 0.29) is 5.91 Å². The summed E-state index contributed by atoms with van der Waals surface area (Å²) < 4.78 is 5.89. The molecule has 0 spiro atoms. The molecule has 0 bridgehead atoms. The SMILES string of the molecule is O=C(CN1CCC(COc2ccccc2)CC1)N1CCc2ccccc21. The van der Waals surface area contributed by atoms with Gasteiger partial charge in [-0.3, -0.25) is 9.69 Å². The van der Waals surface area contributed by atoms with E-state index in [2.05, 4.69) is 23.1 Å². The quantitative estimate of drug-likeness (QED) is 0.829. The summed E-state index contributed by atoms with van der Waals surface area (Å²) in [4.78, 5) is 17.0. The first-order chi connectivity index (χ1) is 12.8. The number of hydrogen-bond donors (Lipinski definition) is 0. The Morgan fingerprint density at radius 3 is 2.50 bits per heavy atom. The lowest BCUT2D eigenvalue weighted by Crippen LogP contribution is -2.43. The van der Waals surface area contributed by atoms with Gasteiger partial charge in [0, 0.05) is 12.2 Å². The van der Waals surface area contributed by atoms with Crippen LogP contribution in [0.25, 0.3) is 0 Å². The lowest BCUT2D eigenvalue weighted by atomic mass is 9.98. The zero-order chi connectivity index (χ0) is 17.8. The second-order valence-electron chi connectivity index (χ2n) is 7.27. The van der Waals surface area contributed by atoms with Crippen molar-refractivity contribution < 1.29 is 9.53 Å². The van der Waals surface area contributed by atoms with E-state index in [1.54, 1.807) is 0 Å². The van der Waals surface area contributed by atoms with Crippen LogP contribution in [-0.4, -0.2) is 43.6 Å². The summed E-state index contributed by atoms with van der Waals surface area (Å²) in [7, 11) is 0. The van der Waals surface area contributed by atoms with Crippen LogP contribution in [0.2, 0.25) is 0 Å². The van der Waals surface area contributed by atoms with Gasteiger partial charge >= 0.3 is 0 Å². The topological polar surface area (TPSA) is 32.8 Å². The zero-order valence-electron chi connectivity index (χ0n) is 15.1. The Labute approximate surface area is 155 Å². The number of hydrogen-bond acceptors (Lipinski definition) is 3. The van der Waals surface area contributed by atoms with Gasteiger partial charge in [0.25, 0.3) is 0 Å². The normalized spacial score (nSPS) is 17.9. The molecule has 0 radical (unpaired) electrons. The molecular formula is C22H26N2O2. The molecule has 2 aliphatic rings. The van der Waals surface area contributed by atoms with Crippen LogP contribution in [0.15, 0.2) is 54.6 Å². The molecule has 1 amide bonds. The van der Waals surface area contributed by atoms with E-state index in [1.165, 1.54) is 5.56 Å². The maximum atomic E-state index is 12.7. The zero-order valence-corrected chi connectivity index (χ0v) is 15.1. The third-order valence-corrected chi connectivity index (χ3v) is 5.48. The van der Waals surface area contributed by atoms with Gasteiger partial charge in [-0.05, 0) is 62.0 Å². The molecule has 1 fully saturated rings. The average Bonchev–Trinajstić information content (AvgIpc) is 3.12. The number of carbonyl (C=O) groups is 1. The number of para-hydroxylation sites is 2. The maximum absolute atomic E-state index is 12.7. The fraction of sp³-hybridized carbons (Fsp3) is 0.409. The van der Waals surface area contributed by atoms with E-state index < -0.39 is 0 Å². The third-order valence-electron chi connectivity index (χ3n) is 5.48. The van der Waals surface area contributed by atoms with Crippen molar-refractivity contribution in [2.75, 3.05) is 37.7 Å². The van der Waals surface area contributed by atoms with E-state index in [0.717, 1.165) is 56.9 Å². The molecule has 4 rings (SSSR count). The van der Waals surface area contributed by atoms with Crippen LogP contribution in [0, 0.1) is 5.92 Å². The van der Waals surface area contributed by atoms with Crippen molar-refractivity contribution in [3.05, 3.63) is 60.2 Å². The number of ether oxygens (including phenoxy) is 1. The number of fused-ring (bicyclic) bond motifs is 1. The number of rotatable bonds is 5. The van der Waals surface area contributed by atoms with Crippen LogP contribution in [-0.2, 0) is 11.2 Å².